The van der Waals surface area contributed by atoms with Gasteiger partial charge < -0.3 is 4.65 Å². The van der Waals surface area contributed by atoms with Gasteiger partial charge in [-0.15, -0.1) is 0 Å². The summed E-state index contributed by atoms with van der Waals surface area (Å²) in [5, 5.41) is 6.95. The van der Waals surface area contributed by atoms with Crippen LogP contribution in [0.2, 0.25) is 0 Å². The van der Waals surface area contributed by atoms with Crippen molar-refractivity contribution in [3.63, 3.8) is 0 Å². The molecule has 0 aromatic heterocycles. The molecule has 0 saturated heterocycles. The van der Waals surface area contributed by atoms with Crippen molar-refractivity contribution >= 4 is 20.1 Å². The molecule has 15 heavy (non-hydrogen) atoms. The maximum Gasteiger partial charge on any atom is 0.373 e. The summed E-state index contributed by atoms with van der Waals surface area (Å²) in [6, 6.07) is 0. The van der Waals surface area contributed by atoms with Crippen LogP contribution in [0.4, 0.5) is 0 Å². The van der Waals surface area contributed by atoms with Crippen molar-refractivity contribution in [1.29, 1.82) is 5.41 Å². The van der Waals surface area contributed by atoms with Crippen molar-refractivity contribution in [2.75, 3.05) is 0 Å². The molecular weight excluding hydrogens is 187 g/mol. The molecule has 2 radical (unpaired) electrons. The minimum Gasteiger partial charge on any atom is -0.572 e. The zero-order valence-corrected chi connectivity index (χ0v) is 8.47. The van der Waals surface area contributed by atoms with Crippen LogP contribution < -0.4 is 0 Å². The summed E-state index contributed by atoms with van der Waals surface area (Å²) >= 11 is 0. The van der Waals surface area contributed by atoms with E-state index in [1.165, 1.54) is 6.26 Å². The Morgan fingerprint density at radius 3 is 2.93 bits per heavy atom. The van der Waals surface area contributed by atoms with Gasteiger partial charge in [0.1, 0.15) is 6.34 Å². The van der Waals surface area contributed by atoms with Gasteiger partial charge in [0.25, 0.3) is 0 Å². The van der Waals surface area contributed by atoms with Gasteiger partial charge in [-0.05, 0) is 18.6 Å². The molecule has 74 valence electrons. The lowest BCUT2D eigenvalue weighted by molar-refractivity contribution is 0.532. The quantitative estimate of drug-likeness (QED) is 0.321. The fourth-order valence-corrected chi connectivity index (χ4v) is 1.27. The van der Waals surface area contributed by atoms with Crippen molar-refractivity contribution < 1.29 is 4.65 Å². The number of nitrogens with one attached hydrogen (secondary N) is 1. The first kappa shape index (κ1) is 11.2. The highest BCUT2D eigenvalue weighted by Crippen LogP contribution is 2.19. The molecule has 1 aliphatic rings. The van der Waals surface area contributed by atoms with Gasteiger partial charge in [0, 0.05) is 5.57 Å². The van der Waals surface area contributed by atoms with Crippen LogP contribution in [0.15, 0.2) is 52.8 Å². The molecule has 0 unspecified atom stereocenters. The lowest BCUT2D eigenvalue weighted by atomic mass is 9.97. The van der Waals surface area contributed by atoms with Gasteiger partial charge in [-0.1, -0.05) is 24.3 Å². The molecule has 3 nitrogen and oxygen atoms in total. The minimum absolute atomic E-state index is 0.658. The molecular formula is C11H11BN2O. The van der Waals surface area contributed by atoms with Crippen LogP contribution >= 0.6 is 0 Å². The molecule has 0 heterocycles. The van der Waals surface area contributed by atoms with Gasteiger partial charge in [0.05, 0.1) is 12.0 Å². The van der Waals surface area contributed by atoms with E-state index in [9.17, 15) is 0 Å². The summed E-state index contributed by atoms with van der Waals surface area (Å²) in [6.45, 7) is 1.92. The zero-order chi connectivity index (χ0) is 11.1. The number of hydrogen-bond acceptors (Lipinski definition) is 2. The maximum atomic E-state index is 6.95. The van der Waals surface area contributed by atoms with Crippen LogP contribution in [0, 0.1) is 5.41 Å². The summed E-state index contributed by atoms with van der Waals surface area (Å²) in [6.07, 6.45) is 11.8. The Morgan fingerprint density at radius 2 is 2.33 bits per heavy atom. The molecule has 0 aliphatic heterocycles. The first-order chi connectivity index (χ1) is 7.33. The van der Waals surface area contributed by atoms with E-state index in [0.717, 1.165) is 17.5 Å². The highest BCUT2D eigenvalue weighted by molar-refractivity contribution is 6.15. The third-order valence-electron chi connectivity index (χ3n) is 1.85. The van der Waals surface area contributed by atoms with Crippen LogP contribution in [0.3, 0.4) is 0 Å². The average Bonchev–Trinajstić information content (AvgIpc) is 2.23. The first-order valence-electron chi connectivity index (χ1n) is 4.47. The van der Waals surface area contributed by atoms with Crippen molar-refractivity contribution in [3.05, 3.63) is 47.8 Å². The van der Waals surface area contributed by atoms with E-state index in [2.05, 4.69) is 9.65 Å². The second-order valence-electron chi connectivity index (χ2n) is 2.79. The maximum absolute atomic E-state index is 6.95. The summed E-state index contributed by atoms with van der Waals surface area (Å²) in [7, 11) is 5.01. The van der Waals surface area contributed by atoms with Gasteiger partial charge >= 0.3 is 8.05 Å². The van der Waals surface area contributed by atoms with Crippen molar-refractivity contribution in [1.82, 2.24) is 0 Å². The topological polar surface area (TPSA) is 45.4 Å². The summed E-state index contributed by atoms with van der Waals surface area (Å²) in [5.41, 5.74) is 2.37. The predicted molar refractivity (Wildman–Crippen MR) is 63.2 cm³/mol. The summed E-state index contributed by atoms with van der Waals surface area (Å²) in [4.78, 5) is 3.91. The fourth-order valence-electron chi connectivity index (χ4n) is 1.27. The molecule has 4 heteroatoms. The molecule has 0 amide bonds. The lowest BCUT2D eigenvalue weighted by Gasteiger charge is -2.11. The summed E-state index contributed by atoms with van der Waals surface area (Å²) in [5.74, 6) is 0. The highest BCUT2D eigenvalue weighted by atomic mass is 16.4. The standard InChI is InChI=1S/C11H11BN2O/c1-2-4-9-5-3-6-11(14-8-13)10(9)7-15-12/h2-8,13H,1H3/b4-2+,10-7-,13-8?,14-11?. The normalized spacial score (nSPS) is 21.0. The molecule has 0 fully saturated rings. The average molecular weight is 198 g/mol. The molecule has 0 saturated carbocycles. The van der Waals surface area contributed by atoms with Crippen molar-refractivity contribution in [3.8, 4) is 0 Å². The van der Waals surface area contributed by atoms with E-state index in [1.807, 2.05) is 31.2 Å². The van der Waals surface area contributed by atoms with Gasteiger partial charge in [0.2, 0.25) is 0 Å². The van der Waals surface area contributed by atoms with E-state index < -0.39 is 0 Å². The number of rotatable bonds is 3. The number of nitrogens with zero attached hydrogens (tertiary/aromatic N) is 1. The SMILES string of the molecule is [B]O/C=C1/C(/C=C/C)=CC=CC1=NC=N. The van der Waals surface area contributed by atoms with E-state index in [4.69, 9.17) is 13.5 Å². The molecule has 1 aliphatic carbocycles. The number of hydrogen-bond donors (Lipinski definition) is 1. The third kappa shape index (κ3) is 2.81. The molecule has 1 N–H and O–H groups in total. The van der Waals surface area contributed by atoms with Crippen LogP contribution in [-0.4, -0.2) is 20.1 Å². The van der Waals surface area contributed by atoms with Crippen molar-refractivity contribution in [2.24, 2.45) is 4.99 Å². The first-order valence-corrected chi connectivity index (χ1v) is 4.47. The van der Waals surface area contributed by atoms with Gasteiger partial charge in [-0.25, -0.2) is 4.99 Å². The number of allylic oxidation sites excluding steroid dienone is 7. The second-order valence-corrected chi connectivity index (χ2v) is 2.79. The predicted octanol–water partition coefficient (Wildman–Crippen LogP) is 2.09. The van der Waals surface area contributed by atoms with Crippen LogP contribution in [-0.2, 0) is 4.65 Å². The van der Waals surface area contributed by atoms with E-state index in [-0.39, 0.29) is 0 Å². The Hall–Kier alpha value is -1.84. The Bertz CT molecular complexity index is 389. The molecule has 0 aromatic rings. The minimum atomic E-state index is 0.658. The fraction of sp³-hybridized carbons (Fsp3) is 0.0909. The van der Waals surface area contributed by atoms with Gasteiger partial charge in [-0.2, -0.15) is 0 Å². The Balaban J connectivity index is 3.14. The largest absolute Gasteiger partial charge is 0.572 e. The number of aliphatic imine (C=N–C) groups is 1. The molecule has 0 aromatic carbocycles. The van der Waals surface area contributed by atoms with Crippen molar-refractivity contribution in [2.45, 2.75) is 6.92 Å². The van der Waals surface area contributed by atoms with E-state index in [1.54, 1.807) is 6.08 Å². The van der Waals surface area contributed by atoms with Crippen LogP contribution in [0.5, 0.6) is 0 Å². The summed E-state index contributed by atoms with van der Waals surface area (Å²) < 4.78 is 4.51. The molecule has 0 bridgehead atoms. The molecule has 0 spiro atoms. The lowest BCUT2D eigenvalue weighted by Crippen LogP contribution is -2.06. The van der Waals surface area contributed by atoms with Crippen LogP contribution in [0.25, 0.3) is 0 Å². The molecule has 0 atom stereocenters. The third-order valence-corrected chi connectivity index (χ3v) is 1.85. The molecule has 1 rings (SSSR count). The highest BCUT2D eigenvalue weighted by Gasteiger charge is 2.10. The van der Waals surface area contributed by atoms with Gasteiger partial charge in [0.15, 0.2) is 0 Å². The van der Waals surface area contributed by atoms with Gasteiger partial charge in [-0.3, -0.25) is 5.41 Å². The Morgan fingerprint density at radius 1 is 1.53 bits per heavy atom. The smallest absolute Gasteiger partial charge is 0.373 e. The monoisotopic (exact) mass is 198 g/mol. The second kappa shape index (κ2) is 5.80. The Labute approximate surface area is 90.5 Å². The van der Waals surface area contributed by atoms with E-state index in [0.29, 0.717) is 5.71 Å². The Kier molecular flexibility index (Phi) is 4.35. The van der Waals surface area contributed by atoms with Crippen LogP contribution in [0.1, 0.15) is 6.92 Å². The zero-order valence-electron chi connectivity index (χ0n) is 8.47. The van der Waals surface area contributed by atoms with E-state index >= 15 is 0 Å².